The minimum atomic E-state index is -0.664. The molecule has 7 nitrogen and oxygen atoms in total. The summed E-state index contributed by atoms with van der Waals surface area (Å²) in [4.78, 5) is 18.7. The summed E-state index contributed by atoms with van der Waals surface area (Å²) in [6.45, 7) is 0. The number of allylic oxidation sites excluding steroid dienone is 1. The lowest BCUT2D eigenvalue weighted by molar-refractivity contribution is 0.375. The molecule has 2 heterocycles. The zero-order valence-electron chi connectivity index (χ0n) is 12.0. The Balaban J connectivity index is 2.26. The second-order valence-corrected chi connectivity index (χ2v) is 5.62. The van der Waals surface area contributed by atoms with Crippen LogP contribution in [0.4, 0.5) is 0 Å². The number of nitrogens with zero attached hydrogens (tertiary/aromatic N) is 2. The van der Waals surface area contributed by atoms with Crippen molar-refractivity contribution in [2.24, 2.45) is 5.73 Å². The van der Waals surface area contributed by atoms with Gasteiger partial charge in [0.15, 0.2) is 0 Å². The van der Waals surface area contributed by atoms with Gasteiger partial charge in [-0.25, -0.2) is 4.98 Å². The predicted octanol–water partition coefficient (Wildman–Crippen LogP) is 1.76. The van der Waals surface area contributed by atoms with Crippen molar-refractivity contribution < 1.29 is 9.47 Å². The number of H-pyrrole nitrogens is 1. The first-order chi connectivity index (χ1) is 11.1. The van der Waals surface area contributed by atoms with Gasteiger partial charge in [0.1, 0.15) is 17.4 Å². The first-order valence-electron chi connectivity index (χ1n) is 6.55. The Kier molecular flexibility index (Phi) is 3.80. The average molecular weight is 375 g/mol. The number of aromatic nitrogens is 2. The third-order valence-electron chi connectivity index (χ3n) is 3.53. The highest BCUT2D eigenvalue weighted by Gasteiger charge is 2.34. The van der Waals surface area contributed by atoms with Crippen LogP contribution in [0.5, 0.6) is 11.6 Å². The van der Waals surface area contributed by atoms with Crippen LogP contribution in [-0.2, 0) is 0 Å². The third kappa shape index (κ3) is 2.45. The fraction of sp³-hybridized carbons (Fsp3) is 0.133. The second kappa shape index (κ2) is 5.78. The Morgan fingerprint density at radius 1 is 1.52 bits per heavy atom. The molecule has 3 rings (SSSR count). The number of nitriles is 1. The van der Waals surface area contributed by atoms with Gasteiger partial charge in [-0.05, 0) is 33.6 Å². The van der Waals surface area contributed by atoms with E-state index in [4.69, 9.17) is 15.2 Å². The topological polar surface area (TPSA) is 114 Å². The number of halogens is 1. The molecule has 8 heteroatoms. The van der Waals surface area contributed by atoms with Gasteiger partial charge in [0.2, 0.25) is 11.8 Å². The molecule has 1 aromatic carbocycles. The molecule has 3 N–H and O–H groups in total. The smallest absolute Gasteiger partial charge is 0.258 e. The summed E-state index contributed by atoms with van der Waals surface area (Å²) in [7, 11) is 1.55. The molecule has 0 amide bonds. The molecule has 1 aromatic heterocycles. The van der Waals surface area contributed by atoms with Gasteiger partial charge in [-0.1, -0.05) is 6.07 Å². The molecule has 0 fully saturated rings. The van der Waals surface area contributed by atoms with Crippen molar-refractivity contribution in [2.75, 3.05) is 7.11 Å². The van der Waals surface area contributed by atoms with Crippen LogP contribution >= 0.6 is 15.9 Å². The lowest BCUT2D eigenvalue weighted by Crippen LogP contribution is -2.28. The molecular formula is C15H11BrN4O3. The monoisotopic (exact) mass is 374 g/mol. The highest BCUT2D eigenvalue weighted by Crippen LogP contribution is 2.40. The van der Waals surface area contributed by atoms with Crippen LogP contribution in [0, 0.1) is 11.3 Å². The van der Waals surface area contributed by atoms with Crippen molar-refractivity contribution in [3.8, 4) is 17.7 Å². The second-order valence-electron chi connectivity index (χ2n) is 4.77. The van der Waals surface area contributed by atoms with Gasteiger partial charge in [-0.2, -0.15) is 5.26 Å². The van der Waals surface area contributed by atoms with Crippen LogP contribution < -0.4 is 20.8 Å². The number of benzene rings is 1. The van der Waals surface area contributed by atoms with E-state index < -0.39 is 5.92 Å². The van der Waals surface area contributed by atoms with E-state index in [1.165, 1.54) is 6.33 Å². The summed E-state index contributed by atoms with van der Waals surface area (Å²) in [5, 5.41) is 9.44. The summed E-state index contributed by atoms with van der Waals surface area (Å²) >= 11 is 3.40. The fourth-order valence-corrected chi connectivity index (χ4v) is 3.05. The van der Waals surface area contributed by atoms with Gasteiger partial charge in [0.05, 0.1) is 29.4 Å². The van der Waals surface area contributed by atoms with E-state index in [1.807, 2.05) is 6.07 Å². The largest absolute Gasteiger partial charge is 0.496 e. The van der Waals surface area contributed by atoms with E-state index in [9.17, 15) is 10.1 Å². The Hall–Kier alpha value is -2.79. The Morgan fingerprint density at radius 2 is 2.30 bits per heavy atom. The Labute approximate surface area is 139 Å². The van der Waals surface area contributed by atoms with Gasteiger partial charge < -0.3 is 20.2 Å². The van der Waals surface area contributed by atoms with Gasteiger partial charge in [0.25, 0.3) is 5.56 Å². The molecule has 116 valence electrons. The molecule has 2 aromatic rings. The van der Waals surface area contributed by atoms with Crippen LogP contribution in [0.1, 0.15) is 17.0 Å². The molecule has 0 aliphatic carbocycles. The normalized spacial score (nSPS) is 16.3. The van der Waals surface area contributed by atoms with Crippen LogP contribution in [0.2, 0.25) is 0 Å². The Morgan fingerprint density at radius 3 is 2.96 bits per heavy atom. The third-order valence-corrected chi connectivity index (χ3v) is 4.15. The van der Waals surface area contributed by atoms with E-state index in [1.54, 1.807) is 25.3 Å². The quantitative estimate of drug-likeness (QED) is 0.827. The predicted molar refractivity (Wildman–Crippen MR) is 84.8 cm³/mol. The van der Waals surface area contributed by atoms with Crippen LogP contribution in [0.3, 0.4) is 0 Å². The van der Waals surface area contributed by atoms with Gasteiger partial charge in [-0.15, -0.1) is 0 Å². The van der Waals surface area contributed by atoms with E-state index in [0.29, 0.717) is 15.8 Å². The molecule has 1 aliphatic heterocycles. The van der Waals surface area contributed by atoms with E-state index in [2.05, 4.69) is 25.9 Å². The van der Waals surface area contributed by atoms with E-state index in [-0.39, 0.29) is 28.5 Å². The minimum Gasteiger partial charge on any atom is -0.496 e. The molecule has 0 bridgehead atoms. The Bertz CT molecular complexity index is 914. The summed E-state index contributed by atoms with van der Waals surface area (Å²) in [6.07, 6.45) is 1.23. The number of nitrogens with two attached hydrogens (primary N) is 1. The molecular weight excluding hydrogens is 364 g/mol. The first kappa shape index (κ1) is 15.1. The number of rotatable bonds is 2. The minimum absolute atomic E-state index is 0.0601. The zero-order chi connectivity index (χ0) is 16.6. The van der Waals surface area contributed by atoms with E-state index >= 15 is 0 Å². The molecule has 0 saturated carbocycles. The lowest BCUT2D eigenvalue weighted by Gasteiger charge is -2.24. The lowest BCUT2D eigenvalue weighted by atomic mass is 9.85. The summed E-state index contributed by atoms with van der Waals surface area (Å²) < 4.78 is 11.2. The standard InChI is InChI=1S/C15H11BrN4O3/c1-22-10-3-2-7(4-9(10)16)11-8(5-17)13(18)23-15-12(11)14(21)19-6-20-15/h2-4,6,11H,18H2,1H3,(H,19,20,21). The highest BCUT2D eigenvalue weighted by molar-refractivity contribution is 9.10. The molecule has 23 heavy (non-hydrogen) atoms. The molecule has 0 saturated heterocycles. The molecule has 1 aliphatic rings. The zero-order valence-corrected chi connectivity index (χ0v) is 13.5. The van der Waals surface area contributed by atoms with Crippen molar-refractivity contribution in [3.05, 3.63) is 61.9 Å². The number of hydrogen-bond donors (Lipinski definition) is 2. The number of fused-ring (bicyclic) bond motifs is 1. The highest BCUT2D eigenvalue weighted by atomic mass is 79.9. The molecule has 1 atom stereocenters. The number of nitrogens with one attached hydrogen (secondary N) is 1. The number of methoxy groups -OCH3 is 1. The maximum absolute atomic E-state index is 12.2. The van der Waals surface area contributed by atoms with Crippen molar-refractivity contribution in [3.63, 3.8) is 0 Å². The average Bonchev–Trinajstić information content (AvgIpc) is 2.53. The van der Waals surface area contributed by atoms with Crippen LogP contribution in [0.15, 0.2) is 45.2 Å². The number of aromatic amines is 1. The van der Waals surface area contributed by atoms with E-state index in [0.717, 1.165) is 0 Å². The molecule has 0 spiro atoms. The van der Waals surface area contributed by atoms with Crippen molar-refractivity contribution in [1.82, 2.24) is 9.97 Å². The summed E-state index contributed by atoms with van der Waals surface area (Å²) in [5.41, 5.74) is 6.54. The fourth-order valence-electron chi connectivity index (χ4n) is 2.49. The summed E-state index contributed by atoms with van der Waals surface area (Å²) in [6, 6.07) is 7.30. The van der Waals surface area contributed by atoms with Crippen molar-refractivity contribution in [2.45, 2.75) is 5.92 Å². The molecule has 0 radical (unpaired) electrons. The van der Waals surface area contributed by atoms with Crippen molar-refractivity contribution >= 4 is 15.9 Å². The molecule has 1 unspecified atom stereocenters. The maximum atomic E-state index is 12.2. The van der Waals surface area contributed by atoms with Crippen LogP contribution in [0.25, 0.3) is 0 Å². The number of hydrogen-bond acceptors (Lipinski definition) is 6. The van der Waals surface area contributed by atoms with Gasteiger partial charge in [-0.3, -0.25) is 4.79 Å². The first-order valence-corrected chi connectivity index (χ1v) is 7.34. The van der Waals surface area contributed by atoms with Crippen LogP contribution in [-0.4, -0.2) is 17.1 Å². The van der Waals surface area contributed by atoms with Gasteiger partial charge >= 0.3 is 0 Å². The van der Waals surface area contributed by atoms with Gasteiger partial charge in [0, 0.05) is 0 Å². The summed E-state index contributed by atoms with van der Waals surface area (Å²) in [5.74, 6) is 0.0113. The maximum Gasteiger partial charge on any atom is 0.258 e. The SMILES string of the molecule is COc1ccc(C2C(C#N)=C(N)Oc3nc[nH]c(=O)c32)cc1Br. The number of ether oxygens (including phenoxy) is 2. The van der Waals surface area contributed by atoms with Crippen molar-refractivity contribution in [1.29, 1.82) is 5.26 Å².